The third-order valence-corrected chi connectivity index (χ3v) is 5.54. The Hall–Kier alpha value is -0.560. The van der Waals surface area contributed by atoms with Gasteiger partial charge in [-0.2, -0.15) is 11.8 Å². The molecule has 2 N–H and O–H groups in total. The molecule has 2 unspecified atom stereocenters. The number of urea groups is 1. The summed E-state index contributed by atoms with van der Waals surface area (Å²) in [6.45, 7) is 0.616. The van der Waals surface area contributed by atoms with Gasteiger partial charge in [0.05, 0.1) is 5.37 Å². The van der Waals surface area contributed by atoms with Crippen LogP contribution in [0.25, 0.3) is 0 Å². The Balaban J connectivity index is 1.91. The molecule has 0 bridgehead atoms. The van der Waals surface area contributed by atoms with Gasteiger partial charge in [-0.25, -0.2) is 9.59 Å². The van der Waals surface area contributed by atoms with Gasteiger partial charge in [-0.3, -0.25) is 4.90 Å². The number of nitrogens with zero attached hydrogens (tertiary/aromatic N) is 1. The molecule has 5 nitrogen and oxygen atoms in total. The summed E-state index contributed by atoms with van der Waals surface area (Å²) >= 11 is 3.35. The summed E-state index contributed by atoms with van der Waals surface area (Å²) in [4.78, 5) is 25.0. The molecule has 2 rings (SSSR count). The van der Waals surface area contributed by atoms with Gasteiger partial charge in [0.25, 0.3) is 0 Å². The summed E-state index contributed by atoms with van der Waals surface area (Å²) in [6, 6.07) is -0.883. The molecule has 1 aliphatic carbocycles. The van der Waals surface area contributed by atoms with E-state index in [-0.39, 0.29) is 11.4 Å². The molecule has 19 heavy (non-hydrogen) atoms. The number of hydrogen-bond donors (Lipinski definition) is 2. The van der Waals surface area contributed by atoms with Crippen molar-refractivity contribution < 1.29 is 14.7 Å². The molecule has 0 aromatic rings. The highest BCUT2D eigenvalue weighted by atomic mass is 32.2. The number of carboxylic acids is 1. The summed E-state index contributed by atoms with van der Waals surface area (Å²) in [6.07, 6.45) is 5.17. The van der Waals surface area contributed by atoms with E-state index in [1.807, 2.05) is 6.26 Å². The van der Waals surface area contributed by atoms with E-state index in [1.165, 1.54) is 0 Å². The molecule has 1 saturated carbocycles. The Morgan fingerprint density at radius 2 is 2.21 bits per heavy atom. The maximum Gasteiger partial charge on any atom is 0.327 e. The summed E-state index contributed by atoms with van der Waals surface area (Å²) in [5.74, 6) is 1.11. The highest BCUT2D eigenvalue weighted by Crippen LogP contribution is 2.45. The zero-order valence-electron chi connectivity index (χ0n) is 11.0. The molecule has 2 amide bonds. The van der Waals surface area contributed by atoms with Crippen molar-refractivity contribution in [3.8, 4) is 0 Å². The highest BCUT2D eigenvalue weighted by Gasteiger charge is 2.47. The Labute approximate surface area is 121 Å². The van der Waals surface area contributed by atoms with Crippen molar-refractivity contribution in [1.29, 1.82) is 0 Å². The minimum atomic E-state index is -0.894. The second-order valence-electron chi connectivity index (χ2n) is 4.90. The lowest BCUT2D eigenvalue weighted by atomic mass is 10.2. The molecule has 0 aromatic carbocycles. The zero-order valence-corrected chi connectivity index (χ0v) is 12.6. The van der Waals surface area contributed by atoms with Crippen molar-refractivity contribution in [3.63, 3.8) is 0 Å². The molecule has 1 saturated heterocycles. The molecule has 0 spiro atoms. The first-order valence-corrected chi connectivity index (χ1v) is 8.99. The molecule has 0 radical (unpaired) electrons. The summed E-state index contributed by atoms with van der Waals surface area (Å²) in [5, 5.41) is 12.1. The molecule has 0 aromatic heterocycles. The maximum absolute atomic E-state index is 12.2. The van der Waals surface area contributed by atoms with Gasteiger partial charge in [-0.1, -0.05) is 0 Å². The van der Waals surface area contributed by atoms with Crippen LogP contribution in [0.5, 0.6) is 0 Å². The Morgan fingerprint density at radius 1 is 1.47 bits per heavy atom. The molecular weight excluding hydrogens is 284 g/mol. The summed E-state index contributed by atoms with van der Waals surface area (Å²) < 4.78 is 0. The predicted molar refractivity (Wildman–Crippen MR) is 78.6 cm³/mol. The largest absolute Gasteiger partial charge is 0.480 e. The van der Waals surface area contributed by atoms with Crippen LogP contribution in [-0.4, -0.2) is 57.7 Å². The molecule has 1 aliphatic heterocycles. The van der Waals surface area contributed by atoms with Crippen molar-refractivity contribution in [2.45, 2.75) is 30.7 Å². The van der Waals surface area contributed by atoms with Crippen molar-refractivity contribution in [2.24, 2.45) is 5.92 Å². The van der Waals surface area contributed by atoms with Gasteiger partial charge in [-0.05, 0) is 37.2 Å². The van der Waals surface area contributed by atoms with E-state index in [2.05, 4.69) is 5.32 Å². The fourth-order valence-electron chi connectivity index (χ4n) is 2.22. The third-order valence-electron chi connectivity index (χ3n) is 3.38. The lowest BCUT2D eigenvalue weighted by Gasteiger charge is -2.27. The van der Waals surface area contributed by atoms with E-state index in [9.17, 15) is 14.7 Å². The van der Waals surface area contributed by atoms with E-state index in [0.29, 0.717) is 18.2 Å². The maximum atomic E-state index is 12.2. The van der Waals surface area contributed by atoms with Crippen LogP contribution < -0.4 is 5.32 Å². The van der Waals surface area contributed by atoms with Gasteiger partial charge in [0.15, 0.2) is 0 Å². The number of carbonyl (C=O) groups excluding carboxylic acids is 1. The number of rotatable bonds is 6. The monoisotopic (exact) mass is 304 g/mol. The standard InChI is InChI=1S/C12H20N2O3S2/c1-18-6-2-5-13-12(17)14-9(11(15)16)7-19-10(14)8-3-4-8/h8-10H,2-7H2,1H3,(H,13,17)(H,15,16). The highest BCUT2D eigenvalue weighted by molar-refractivity contribution is 8.00. The van der Waals surface area contributed by atoms with E-state index >= 15 is 0 Å². The normalized spacial score (nSPS) is 26.5. The number of aliphatic carboxylic acids is 1. The average molecular weight is 304 g/mol. The predicted octanol–water partition coefficient (Wildman–Crippen LogP) is 1.69. The van der Waals surface area contributed by atoms with Crippen LogP contribution in [0.3, 0.4) is 0 Å². The van der Waals surface area contributed by atoms with Crippen molar-refractivity contribution in [3.05, 3.63) is 0 Å². The fraction of sp³-hybridized carbons (Fsp3) is 0.833. The van der Waals surface area contributed by atoms with E-state index in [1.54, 1.807) is 28.4 Å². The smallest absolute Gasteiger partial charge is 0.327 e. The van der Waals surface area contributed by atoms with Gasteiger partial charge < -0.3 is 10.4 Å². The van der Waals surface area contributed by atoms with Crippen LogP contribution in [0.2, 0.25) is 0 Å². The van der Waals surface area contributed by atoms with Crippen LogP contribution >= 0.6 is 23.5 Å². The average Bonchev–Trinajstić information content (AvgIpc) is 3.12. The summed E-state index contributed by atoms with van der Waals surface area (Å²) in [5.41, 5.74) is 0. The van der Waals surface area contributed by atoms with Crippen molar-refractivity contribution in [2.75, 3.05) is 24.3 Å². The minimum absolute atomic E-state index is 0.0571. The Kier molecular flexibility index (Phi) is 5.27. The van der Waals surface area contributed by atoms with E-state index in [4.69, 9.17) is 0 Å². The molecule has 2 atom stereocenters. The molecular formula is C12H20N2O3S2. The van der Waals surface area contributed by atoms with Gasteiger partial charge in [0.2, 0.25) is 0 Å². The van der Waals surface area contributed by atoms with E-state index < -0.39 is 12.0 Å². The molecule has 108 valence electrons. The number of hydrogen-bond acceptors (Lipinski definition) is 4. The first kappa shape index (κ1) is 14.8. The first-order chi connectivity index (χ1) is 9.15. The number of nitrogens with one attached hydrogen (secondary N) is 1. The first-order valence-electron chi connectivity index (χ1n) is 6.54. The van der Waals surface area contributed by atoms with Crippen LogP contribution in [0, 0.1) is 5.92 Å². The molecule has 2 fully saturated rings. The van der Waals surface area contributed by atoms with Gasteiger partial charge in [-0.15, -0.1) is 11.8 Å². The number of carbonyl (C=O) groups is 2. The van der Waals surface area contributed by atoms with Gasteiger partial charge in [0, 0.05) is 12.3 Å². The second-order valence-corrected chi connectivity index (χ2v) is 7.04. The Bertz CT molecular complexity index is 350. The van der Waals surface area contributed by atoms with Gasteiger partial charge >= 0.3 is 12.0 Å². The van der Waals surface area contributed by atoms with Crippen LogP contribution in [0.4, 0.5) is 4.79 Å². The molecule has 1 heterocycles. The van der Waals surface area contributed by atoms with Crippen molar-refractivity contribution in [1.82, 2.24) is 10.2 Å². The quantitative estimate of drug-likeness (QED) is 0.731. The molecule has 2 aliphatic rings. The number of thioether (sulfide) groups is 2. The fourth-order valence-corrected chi connectivity index (χ4v) is 4.29. The lowest BCUT2D eigenvalue weighted by molar-refractivity contribution is -0.141. The Morgan fingerprint density at radius 3 is 2.79 bits per heavy atom. The van der Waals surface area contributed by atoms with Crippen LogP contribution in [-0.2, 0) is 4.79 Å². The lowest BCUT2D eigenvalue weighted by Crippen LogP contribution is -2.50. The zero-order chi connectivity index (χ0) is 13.8. The van der Waals surface area contributed by atoms with Crippen LogP contribution in [0.1, 0.15) is 19.3 Å². The summed E-state index contributed by atoms with van der Waals surface area (Å²) in [7, 11) is 0. The third kappa shape index (κ3) is 3.72. The van der Waals surface area contributed by atoms with Gasteiger partial charge in [0.1, 0.15) is 6.04 Å². The number of amides is 2. The second kappa shape index (κ2) is 6.74. The SMILES string of the molecule is CSCCCNC(=O)N1C(C(=O)O)CSC1C1CC1. The molecule has 7 heteroatoms. The van der Waals surface area contributed by atoms with E-state index in [0.717, 1.165) is 25.0 Å². The number of carboxylic acid groups (broad SMARTS) is 1. The minimum Gasteiger partial charge on any atom is -0.480 e. The topological polar surface area (TPSA) is 69.6 Å². The van der Waals surface area contributed by atoms with Crippen molar-refractivity contribution >= 4 is 35.5 Å². The van der Waals surface area contributed by atoms with Crippen LogP contribution in [0.15, 0.2) is 0 Å².